The SMILES string of the molecule is CC(=O)NCc1ccc2cc[nH]c2c1. The third-order valence-corrected chi connectivity index (χ3v) is 2.16. The predicted octanol–water partition coefficient (Wildman–Crippen LogP) is 1.80. The van der Waals surface area contributed by atoms with Crippen LogP contribution in [0, 0.1) is 0 Å². The smallest absolute Gasteiger partial charge is 0.217 e. The van der Waals surface area contributed by atoms with E-state index in [0.29, 0.717) is 6.54 Å². The lowest BCUT2D eigenvalue weighted by atomic mass is 10.1. The molecule has 2 N–H and O–H groups in total. The molecular weight excluding hydrogens is 176 g/mol. The number of hydrogen-bond acceptors (Lipinski definition) is 1. The van der Waals surface area contributed by atoms with E-state index in [9.17, 15) is 4.79 Å². The van der Waals surface area contributed by atoms with Crippen molar-refractivity contribution in [1.29, 1.82) is 0 Å². The van der Waals surface area contributed by atoms with Crippen molar-refractivity contribution in [1.82, 2.24) is 10.3 Å². The fraction of sp³-hybridized carbons (Fsp3) is 0.182. The van der Waals surface area contributed by atoms with Gasteiger partial charge in [0, 0.05) is 25.2 Å². The molecule has 2 aromatic rings. The van der Waals surface area contributed by atoms with Crippen molar-refractivity contribution < 1.29 is 4.79 Å². The van der Waals surface area contributed by atoms with Crippen molar-refractivity contribution in [2.24, 2.45) is 0 Å². The number of carbonyl (C=O) groups excluding carboxylic acids is 1. The number of rotatable bonds is 2. The highest BCUT2D eigenvalue weighted by Gasteiger charge is 1.97. The highest BCUT2D eigenvalue weighted by molar-refractivity contribution is 5.80. The van der Waals surface area contributed by atoms with E-state index in [4.69, 9.17) is 0 Å². The maximum Gasteiger partial charge on any atom is 0.217 e. The van der Waals surface area contributed by atoms with E-state index in [1.54, 1.807) is 0 Å². The number of carbonyl (C=O) groups is 1. The number of H-pyrrole nitrogens is 1. The van der Waals surface area contributed by atoms with Crippen LogP contribution in [0.1, 0.15) is 12.5 Å². The molecule has 72 valence electrons. The Morgan fingerprint density at radius 3 is 3.07 bits per heavy atom. The average Bonchev–Trinajstić information content (AvgIpc) is 2.61. The molecular formula is C11H12N2O. The molecule has 3 nitrogen and oxygen atoms in total. The van der Waals surface area contributed by atoms with Crippen molar-refractivity contribution in [3.63, 3.8) is 0 Å². The Morgan fingerprint density at radius 1 is 1.43 bits per heavy atom. The lowest BCUT2D eigenvalue weighted by Gasteiger charge is -2.02. The molecule has 0 aliphatic carbocycles. The topological polar surface area (TPSA) is 44.9 Å². The maximum atomic E-state index is 10.7. The van der Waals surface area contributed by atoms with E-state index < -0.39 is 0 Å². The molecule has 1 aromatic carbocycles. The second kappa shape index (κ2) is 3.54. The van der Waals surface area contributed by atoms with Gasteiger partial charge in [-0.1, -0.05) is 12.1 Å². The van der Waals surface area contributed by atoms with E-state index in [2.05, 4.69) is 10.3 Å². The molecule has 0 fully saturated rings. The molecule has 1 heterocycles. The van der Waals surface area contributed by atoms with Gasteiger partial charge in [-0.15, -0.1) is 0 Å². The Hall–Kier alpha value is -1.77. The number of aromatic amines is 1. The van der Waals surface area contributed by atoms with Gasteiger partial charge < -0.3 is 10.3 Å². The van der Waals surface area contributed by atoms with Gasteiger partial charge in [-0.3, -0.25) is 4.79 Å². The average molecular weight is 188 g/mol. The number of fused-ring (bicyclic) bond motifs is 1. The van der Waals surface area contributed by atoms with Crippen LogP contribution in [-0.4, -0.2) is 10.9 Å². The zero-order valence-corrected chi connectivity index (χ0v) is 8.00. The first-order chi connectivity index (χ1) is 6.75. The van der Waals surface area contributed by atoms with Gasteiger partial charge >= 0.3 is 0 Å². The first kappa shape index (κ1) is 8.81. The third kappa shape index (κ3) is 1.76. The van der Waals surface area contributed by atoms with Crippen LogP contribution in [0.3, 0.4) is 0 Å². The Balaban J connectivity index is 2.21. The predicted molar refractivity (Wildman–Crippen MR) is 55.8 cm³/mol. The zero-order valence-electron chi connectivity index (χ0n) is 8.00. The van der Waals surface area contributed by atoms with Crippen LogP contribution in [0.2, 0.25) is 0 Å². The van der Waals surface area contributed by atoms with Crippen LogP contribution < -0.4 is 5.32 Å². The van der Waals surface area contributed by atoms with Gasteiger partial charge in [-0.05, 0) is 23.1 Å². The number of hydrogen-bond donors (Lipinski definition) is 2. The van der Waals surface area contributed by atoms with Gasteiger partial charge in [0.2, 0.25) is 5.91 Å². The van der Waals surface area contributed by atoms with E-state index >= 15 is 0 Å². The van der Waals surface area contributed by atoms with Crippen LogP contribution in [0.4, 0.5) is 0 Å². The van der Waals surface area contributed by atoms with Gasteiger partial charge in [0.25, 0.3) is 0 Å². The number of nitrogens with one attached hydrogen (secondary N) is 2. The lowest BCUT2D eigenvalue weighted by Crippen LogP contribution is -2.18. The molecule has 14 heavy (non-hydrogen) atoms. The summed E-state index contributed by atoms with van der Waals surface area (Å²) in [5, 5.41) is 3.96. The van der Waals surface area contributed by atoms with Crippen molar-refractivity contribution in [3.05, 3.63) is 36.0 Å². The molecule has 0 aliphatic rings. The summed E-state index contributed by atoms with van der Waals surface area (Å²) in [7, 11) is 0. The van der Waals surface area contributed by atoms with Crippen LogP contribution in [0.25, 0.3) is 10.9 Å². The molecule has 1 amide bonds. The van der Waals surface area contributed by atoms with E-state index in [1.807, 2.05) is 30.5 Å². The Labute approximate surface area is 82.1 Å². The highest BCUT2D eigenvalue weighted by atomic mass is 16.1. The monoisotopic (exact) mass is 188 g/mol. The van der Waals surface area contributed by atoms with Crippen LogP contribution in [0.15, 0.2) is 30.5 Å². The van der Waals surface area contributed by atoms with E-state index in [-0.39, 0.29) is 5.91 Å². The van der Waals surface area contributed by atoms with Gasteiger partial charge in [0.15, 0.2) is 0 Å². The van der Waals surface area contributed by atoms with Crippen molar-refractivity contribution in [3.8, 4) is 0 Å². The minimum atomic E-state index is -0.00316. The fourth-order valence-electron chi connectivity index (χ4n) is 1.43. The summed E-state index contributed by atoms with van der Waals surface area (Å²) in [6.45, 7) is 2.11. The Bertz CT molecular complexity index is 459. The summed E-state index contributed by atoms with van der Waals surface area (Å²) in [4.78, 5) is 13.8. The first-order valence-corrected chi connectivity index (χ1v) is 4.56. The van der Waals surface area contributed by atoms with Crippen molar-refractivity contribution in [2.45, 2.75) is 13.5 Å². The normalized spacial score (nSPS) is 10.4. The third-order valence-electron chi connectivity index (χ3n) is 2.16. The highest BCUT2D eigenvalue weighted by Crippen LogP contribution is 2.13. The molecule has 0 radical (unpaired) electrons. The van der Waals surface area contributed by atoms with E-state index in [1.165, 1.54) is 12.3 Å². The number of benzene rings is 1. The summed E-state index contributed by atoms with van der Waals surface area (Å²) in [6.07, 6.45) is 1.91. The van der Waals surface area contributed by atoms with Crippen molar-refractivity contribution in [2.75, 3.05) is 0 Å². The van der Waals surface area contributed by atoms with Crippen LogP contribution in [-0.2, 0) is 11.3 Å². The lowest BCUT2D eigenvalue weighted by molar-refractivity contribution is -0.119. The molecule has 0 saturated heterocycles. The van der Waals surface area contributed by atoms with Gasteiger partial charge in [0.1, 0.15) is 0 Å². The standard InChI is InChI=1S/C11H12N2O/c1-8(14)13-7-9-2-3-10-4-5-12-11(10)6-9/h2-6,12H,7H2,1H3,(H,13,14). The molecule has 3 heteroatoms. The second-order valence-corrected chi connectivity index (χ2v) is 3.31. The quantitative estimate of drug-likeness (QED) is 0.741. The zero-order chi connectivity index (χ0) is 9.97. The summed E-state index contributed by atoms with van der Waals surface area (Å²) < 4.78 is 0. The van der Waals surface area contributed by atoms with E-state index in [0.717, 1.165) is 11.1 Å². The summed E-state index contributed by atoms with van der Waals surface area (Å²) >= 11 is 0. The molecule has 2 rings (SSSR count). The van der Waals surface area contributed by atoms with Crippen molar-refractivity contribution >= 4 is 16.8 Å². The minimum absolute atomic E-state index is 0.00316. The molecule has 0 aliphatic heterocycles. The molecule has 0 atom stereocenters. The molecule has 0 saturated carbocycles. The van der Waals surface area contributed by atoms with Crippen LogP contribution >= 0.6 is 0 Å². The van der Waals surface area contributed by atoms with Gasteiger partial charge in [-0.2, -0.15) is 0 Å². The Morgan fingerprint density at radius 2 is 2.29 bits per heavy atom. The molecule has 0 spiro atoms. The molecule has 1 aromatic heterocycles. The summed E-state index contributed by atoms with van der Waals surface area (Å²) in [5.74, 6) is -0.00316. The van der Waals surface area contributed by atoms with Gasteiger partial charge in [-0.25, -0.2) is 0 Å². The largest absolute Gasteiger partial charge is 0.361 e. The first-order valence-electron chi connectivity index (χ1n) is 4.56. The number of amides is 1. The molecule has 0 unspecified atom stereocenters. The van der Waals surface area contributed by atoms with Gasteiger partial charge in [0.05, 0.1) is 0 Å². The minimum Gasteiger partial charge on any atom is -0.361 e. The molecule has 0 bridgehead atoms. The fourth-order valence-corrected chi connectivity index (χ4v) is 1.43. The van der Waals surface area contributed by atoms with Crippen LogP contribution in [0.5, 0.6) is 0 Å². The Kier molecular flexibility index (Phi) is 2.23. The summed E-state index contributed by atoms with van der Waals surface area (Å²) in [6, 6.07) is 8.14. The maximum absolute atomic E-state index is 10.7. The number of aromatic nitrogens is 1. The summed E-state index contributed by atoms with van der Waals surface area (Å²) in [5.41, 5.74) is 2.21. The second-order valence-electron chi connectivity index (χ2n) is 3.31.